The van der Waals surface area contributed by atoms with Crippen LogP contribution in [0.1, 0.15) is 38.2 Å². The molecular formula is C20H25NO8. The Kier molecular flexibility index (Phi) is 11.2. The Morgan fingerprint density at radius 2 is 1.97 bits per heavy atom. The fraction of sp³-hybridized carbons (Fsp3) is 0.400. The van der Waals surface area contributed by atoms with Crippen LogP contribution in [0.25, 0.3) is 6.08 Å². The van der Waals surface area contributed by atoms with Crippen molar-refractivity contribution in [2.45, 2.75) is 32.6 Å². The first kappa shape index (κ1) is 23.7. The van der Waals surface area contributed by atoms with Crippen molar-refractivity contribution in [3.63, 3.8) is 0 Å². The van der Waals surface area contributed by atoms with Crippen molar-refractivity contribution in [1.82, 2.24) is 0 Å². The van der Waals surface area contributed by atoms with Crippen LogP contribution in [0.4, 0.5) is 0 Å². The van der Waals surface area contributed by atoms with Crippen LogP contribution in [-0.4, -0.2) is 37.3 Å². The van der Waals surface area contributed by atoms with Gasteiger partial charge in [-0.25, -0.2) is 4.79 Å². The summed E-state index contributed by atoms with van der Waals surface area (Å²) in [4.78, 5) is 37.5. The van der Waals surface area contributed by atoms with Crippen LogP contribution >= 0.6 is 0 Å². The van der Waals surface area contributed by atoms with Crippen LogP contribution in [0.15, 0.2) is 36.4 Å². The van der Waals surface area contributed by atoms with Gasteiger partial charge in [0.1, 0.15) is 13.2 Å². The fourth-order valence-electron chi connectivity index (χ4n) is 2.16. The molecule has 158 valence electrons. The van der Waals surface area contributed by atoms with Crippen molar-refractivity contribution in [3.8, 4) is 11.5 Å². The van der Waals surface area contributed by atoms with E-state index in [2.05, 4.69) is 10.9 Å². The molecule has 0 amide bonds. The Hall–Kier alpha value is -3.36. The van der Waals surface area contributed by atoms with E-state index in [1.165, 1.54) is 13.2 Å². The van der Waals surface area contributed by atoms with Gasteiger partial charge in [-0.05, 0) is 43.0 Å². The average Bonchev–Trinajstić information content (AvgIpc) is 2.70. The maximum atomic E-state index is 12.0. The lowest BCUT2D eigenvalue weighted by Crippen LogP contribution is -2.11. The van der Waals surface area contributed by atoms with Crippen LogP contribution in [0.5, 0.6) is 11.5 Å². The molecule has 1 aromatic rings. The minimum atomic E-state index is -0.964. The molecule has 0 aromatic heterocycles. The Bertz CT molecular complexity index is 742. The van der Waals surface area contributed by atoms with Gasteiger partial charge in [-0.1, -0.05) is 25.1 Å². The largest absolute Gasteiger partial charge is 0.493 e. The van der Waals surface area contributed by atoms with Gasteiger partial charge in [-0.3, -0.25) is 4.79 Å². The molecule has 0 fully saturated rings. The Morgan fingerprint density at radius 1 is 1.17 bits per heavy atom. The number of unbranched alkanes of at least 4 members (excludes halogenated alkanes) is 1. The quantitative estimate of drug-likeness (QED) is 0.0928. The third-order valence-corrected chi connectivity index (χ3v) is 3.50. The standard InChI is InChI=1S/C20H25NO8/c1-3-4-5-6-7-8-20(23)29-17-11-9-16(15-18(17)26-2)10-12-19(22)27-13-14-28-21(24)25/h4-5,9-12,15H,3,6-8,13-14H2,1-2H3/b5-4-,12-10+. The van der Waals surface area contributed by atoms with Gasteiger partial charge >= 0.3 is 11.9 Å². The molecule has 0 aliphatic rings. The maximum absolute atomic E-state index is 12.0. The zero-order chi connectivity index (χ0) is 21.5. The number of methoxy groups -OCH3 is 1. The number of allylic oxidation sites excluding steroid dienone is 2. The first-order valence-electron chi connectivity index (χ1n) is 9.12. The van der Waals surface area contributed by atoms with Gasteiger partial charge in [-0.15, -0.1) is 10.1 Å². The molecule has 9 heteroatoms. The number of carbonyl (C=O) groups is 2. The third-order valence-electron chi connectivity index (χ3n) is 3.50. The number of ether oxygens (including phenoxy) is 3. The second kappa shape index (κ2) is 13.8. The maximum Gasteiger partial charge on any atom is 0.330 e. The summed E-state index contributed by atoms with van der Waals surface area (Å²) in [6, 6.07) is 4.82. The molecular weight excluding hydrogens is 382 g/mol. The van der Waals surface area contributed by atoms with Crippen molar-refractivity contribution in [3.05, 3.63) is 52.1 Å². The predicted molar refractivity (Wildman–Crippen MR) is 105 cm³/mol. The Balaban J connectivity index is 2.55. The number of nitrogens with zero attached hydrogens (tertiary/aromatic N) is 1. The molecule has 0 aliphatic carbocycles. The number of esters is 2. The number of rotatable bonds is 13. The molecule has 0 N–H and O–H groups in total. The van der Waals surface area contributed by atoms with Crippen molar-refractivity contribution >= 4 is 18.0 Å². The van der Waals surface area contributed by atoms with Crippen molar-refractivity contribution in [2.75, 3.05) is 20.3 Å². The summed E-state index contributed by atoms with van der Waals surface area (Å²) < 4.78 is 15.3. The number of benzene rings is 1. The van der Waals surface area contributed by atoms with Crippen LogP contribution in [0.2, 0.25) is 0 Å². The molecule has 0 bridgehead atoms. The second-order valence-corrected chi connectivity index (χ2v) is 5.71. The molecule has 0 heterocycles. The zero-order valence-corrected chi connectivity index (χ0v) is 16.5. The van der Waals surface area contributed by atoms with Gasteiger partial charge in [0.2, 0.25) is 0 Å². The topological polar surface area (TPSA) is 114 Å². The van der Waals surface area contributed by atoms with E-state index in [0.717, 1.165) is 18.9 Å². The van der Waals surface area contributed by atoms with Gasteiger partial charge in [-0.2, -0.15) is 0 Å². The van der Waals surface area contributed by atoms with E-state index in [1.54, 1.807) is 18.2 Å². The van der Waals surface area contributed by atoms with Crippen molar-refractivity contribution in [1.29, 1.82) is 0 Å². The summed E-state index contributed by atoms with van der Waals surface area (Å²) in [6.45, 7) is 1.47. The molecule has 0 saturated heterocycles. The molecule has 0 radical (unpaired) electrons. The first-order valence-corrected chi connectivity index (χ1v) is 9.12. The minimum Gasteiger partial charge on any atom is -0.493 e. The van der Waals surface area contributed by atoms with Crippen LogP contribution < -0.4 is 9.47 Å². The summed E-state index contributed by atoms with van der Waals surface area (Å²) in [6.07, 6.45) is 9.51. The van der Waals surface area contributed by atoms with E-state index in [4.69, 9.17) is 14.2 Å². The Morgan fingerprint density at radius 3 is 2.66 bits per heavy atom. The molecule has 9 nitrogen and oxygen atoms in total. The highest BCUT2D eigenvalue weighted by Gasteiger charge is 2.10. The highest BCUT2D eigenvalue weighted by atomic mass is 17.0. The van der Waals surface area contributed by atoms with Crippen LogP contribution in [0.3, 0.4) is 0 Å². The summed E-state index contributed by atoms with van der Waals surface area (Å²) in [5.41, 5.74) is 0.616. The normalized spacial score (nSPS) is 10.8. The van der Waals surface area contributed by atoms with E-state index in [-0.39, 0.29) is 19.2 Å². The lowest BCUT2D eigenvalue weighted by molar-refractivity contribution is -0.757. The molecule has 1 aromatic carbocycles. The first-order chi connectivity index (χ1) is 14.0. The van der Waals surface area contributed by atoms with Crippen LogP contribution in [0, 0.1) is 10.1 Å². The monoisotopic (exact) mass is 407 g/mol. The summed E-state index contributed by atoms with van der Waals surface area (Å²) in [5, 5.41) is 9.02. The minimum absolute atomic E-state index is 0.239. The number of hydrogen-bond acceptors (Lipinski definition) is 8. The second-order valence-electron chi connectivity index (χ2n) is 5.71. The fourth-order valence-corrected chi connectivity index (χ4v) is 2.16. The lowest BCUT2D eigenvalue weighted by Gasteiger charge is -2.10. The Labute approximate surface area is 169 Å². The molecule has 29 heavy (non-hydrogen) atoms. The molecule has 0 atom stereocenters. The number of carbonyl (C=O) groups excluding carboxylic acids is 2. The average molecular weight is 407 g/mol. The summed E-state index contributed by atoms with van der Waals surface area (Å²) in [7, 11) is 1.44. The smallest absolute Gasteiger partial charge is 0.330 e. The molecule has 0 aliphatic heterocycles. The van der Waals surface area contributed by atoms with Gasteiger partial charge in [0.15, 0.2) is 11.5 Å². The van der Waals surface area contributed by atoms with E-state index >= 15 is 0 Å². The van der Waals surface area contributed by atoms with E-state index < -0.39 is 11.1 Å². The van der Waals surface area contributed by atoms with E-state index in [1.807, 2.05) is 13.0 Å². The molecule has 1 rings (SSSR count). The van der Waals surface area contributed by atoms with Crippen molar-refractivity contribution < 1.29 is 33.7 Å². The third kappa shape index (κ3) is 10.5. The molecule has 0 saturated carbocycles. The van der Waals surface area contributed by atoms with Crippen LogP contribution in [-0.2, 0) is 19.2 Å². The predicted octanol–water partition coefficient (Wildman–Crippen LogP) is 3.50. The molecule has 0 spiro atoms. The van der Waals surface area contributed by atoms with E-state index in [9.17, 15) is 19.7 Å². The summed E-state index contributed by atoms with van der Waals surface area (Å²) in [5.74, 6) is -0.391. The highest BCUT2D eigenvalue weighted by Crippen LogP contribution is 2.29. The SMILES string of the molecule is CC/C=C\CCCC(=O)Oc1ccc(/C=C/C(=O)OCCO[N+](=O)[O-])cc1OC. The van der Waals surface area contributed by atoms with Gasteiger partial charge in [0.05, 0.1) is 7.11 Å². The van der Waals surface area contributed by atoms with E-state index in [0.29, 0.717) is 29.9 Å². The highest BCUT2D eigenvalue weighted by molar-refractivity contribution is 5.87. The van der Waals surface area contributed by atoms with Crippen molar-refractivity contribution in [2.24, 2.45) is 0 Å². The molecule has 0 unspecified atom stereocenters. The van der Waals surface area contributed by atoms with Gasteiger partial charge in [0, 0.05) is 12.5 Å². The lowest BCUT2D eigenvalue weighted by atomic mass is 10.2. The zero-order valence-electron chi connectivity index (χ0n) is 16.5. The van der Waals surface area contributed by atoms with Gasteiger partial charge in [0.25, 0.3) is 5.09 Å². The van der Waals surface area contributed by atoms with Gasteiger partial charge < -0.3 is 19.0 Å². The number of hydrogen-bond donors (Lipinski definition) is 0. The summed E-state index contributed by atoms with van der Waals surface area (Å²) >= 11 is 0.